The zero-order chi connectivity index (χ0) is 13.9. The number of nitrogens with zero attached hydrogens (tertiary/aromatic N) is 4. The number of rotatable bonds is 4. The molecule has 2 atom stereocenters. The van der Waals surface area contributed by atoms with Gasteiger partial charge in [0.1, 0.15) is 6.04 Å². The fourth-order valence-electron chi connectivity index (χ4n) is 3.12. The minimum Gasteiger partial charge on any atom is -0.464 e. The minimum absolute atomic E-state index is 0.0840. The van der Waals surface area contributed by atoms with Crippen LogP contribution in [0.2, 0.25) is 0 Å². The fraction of sp³-hybridized carbons (Fsp3) is 0.643. The van der Waals surface area contributed by atoms with Gasteiger partial charge in [0.05, 0.1) is 6.61 Å². The fourth-order valence-corrected chi connectivity index (χ4v) is 3.12. The molecule has 2 aliphatic heterocycles. The number of cyclic esters (lactones) is 1. The molecule has 0 amide bonds. The Kier molecular flexibility index (Phi) is 3.82. The monoisotopic (exact) mass is 276 g/mol. The van der Waals surface area contributed by atoms with Gasteiger partial charge in [-0.3, -0.25) is 9.69 Å². The number of hydrogen-bond acceptors (Lipinski definition) is 6. The molecule has 20 heavy (non-hydrogen) atoms. The first kappa shape index (κ1) is 13.3. The smallest absolute Gasteiger partial charge is 0.323 e. The first-order chi connectivity index (χ1) is 9.75. The highest BCUT2D eigenvalue weighted by molar-refractivity contribution is 5.77. The summed E-state index contributed by atoms with van der Waals surface area (Å²) >= 11 is 0. The highest BCUT2D eigenvalue weighted by Crippen LogP contribution is 2.24. The van der Waals surface area contributed by atoms with Crippen molar-refractivity contribution in [2.45, 2.75) is 31.3 Å². The van der Waals surface area contributed by atoms with Gasteiger partial charge < -0.3 is 9.64 Å². The first-order valence-electron chi connectivity index (χ1n) is 7.17. The predicted octanol–water partition coefficient (Wildman–Crippen LogP) is 0.693. The lowest BCUT2D eigenvalue weighted by Gasteiger charge is -2.30. The lowest BCUT2D eigenvalue weighted by atomic mass is 10.1. The van der Waals surface area contributed by atoms with E-state index in [0.29, 0.717) is 12.6 Å². The van der Waals surface area contributed by atoms with Crippen molar-refractivity contribution in [3.63, 3.8) is 0 Å². The Morgan fingerprint density at radius 2 is 2.40 bits per heavy atom. The number of aromatic nitrogens is 2. The molecule has 0 unspecified atom stereocenters. The summed E-state index contributed by atoms with van der Waals surface area (Å²) in [5, 5.41) is 8.15. The summed E-state index contributed by atoms with van der Waals surface area (Å²) in [5.74, 6) is 0.842. The number of hydrogen-bond donors (Lipinski definition) is 0. The molecule has 1 aromatic heterocycles. The molecule has 0 saturated carbocycles. The largest absolute Gasteiger partial charge is 0.464 e. The lowest BCUT2D eigenvalue weighted by Crippen LogP contribution is -2.44. The standard InChI is InChI=1S/C14H20N4O2/c1-17(12-6-9-20-14(12)19)10-11-4-3-8-18(11)13-5-2-7-15-16-13/h2,5,7,11-12H,3-4,6,8-10H2,1H3/t11-,12+/m0/s1. The molecule has 0 N–H and O–H groups in total. The van der Waals surface area contributed by atoms with Crippen molar-refractivity contribution in [2.75, 3.05) is 31.6 Å². The van der Waals surface area contributed by atoms with E-state index >= 15 is 0 Å². The number of carbonyl (C=O) groups excluding carboxylic acids is 1. The van der Waals surface area contributed by atoms with Crippen LogP contribution in [0.25, 0.3) is 0 Å². The van der Waals surface area contributed by atoms with Crippen molar-refractivity contribution >= 4 is 11.8 Å². The minimum atomic E-state index is -0.0865. The van der Waals surface area contributed by atoms with Crippen LogP contribution < -0.4 is 4.90 Å². The van der Waals surface area contributed by atoms with Crippen LogP contribution in [0.5, 0.6) is 0 Å². The average Bonchev–Trinajstić information content (AvgIpc) is 3.08. The van der Waals surface area contributed by atoms with Gasteiger partial charge in [-0.05, 0) is 32.0 Å². The van der Waals surface area contributed by atoms with Gasteiger partial charge in [0.15, 0.2) is 5.82 Å². The van der Waals surface area contributed by atoms with Crippen molar-refractivity contribution in [1.82, 2.24) is 15.1 Å². The van der Waals surface area contributed by atoms with Gasteiger partial charge in [-0.2, -0.15) is 5.10 Å². The Labute approximate surface area is 118 Å². The third-order valence-corrected chi connectivity index (χ3v) is 4.17. The number of ether oxygens (including phenoxy) is 1. The Balaban J connectivity index is 1.65. The molecule has 6 heteroatoms. The summed E-state index contributed by atoms with van der Waals surface area (Å²) in [6.07, 6.45) is 4.77. The van der Waals surface area contributed by atoms with Gasteiger partial charge in [0.2, 0.25) is 0 Å². The van der Waals surface area contributed by atoms with Gasteiger partial charge >= 0.3 is 5.97 Å². The molecule has 0 aliphatic carbocycles. The summed E-state index contributed by atoms with van der Waals surface area (Å²) in [5.41, 5.74) is 0. The second-order valence-corrected chi connectivity index (χ2v) is 5.48. The molecule has 1 aromatic rings. The van der Waals surface area contributed by atoms with E-state index in [1.54, 1.807) is 6.20 Å². The maximum atomic E-state index is 11.6. The second-order valence-electron chi connectivity index (χ2n) is 5.48. The zero-order valence-corrected chi connectivity index (χ0v) is 11.7. The summed E-state index contributed by atoms with van der Waals surface area (Å²) in [6.45, 7) is 2.41. The van der Waals surface area contributed by atoms with Crippen LogP contribution in [-0.4, -0.2) is 59.9 Å². The van der Waals surface area contributed by atoms with Crippen LogP contribution in [0.1, 0.15) is 19.3 Å². The van der Waals surface area contributed by atoms with Crippen molar-refractivity contribution in [3.8, 4) is 0 Å². The molecule has 0 spiro atoms. The molecule has 2 saturated heterocycles. The van der Waals surface area contributed by atoms with Crippen molar-refractivity contribution < 1.29 is 9.53 Å². The van der Waals surface area contributed by atoms with E-state index in [0.717, 1.165) is 38.2 Å². The molecule has 3 heterocycles. The molecular formula is C14H20N4O2. The molecule has 108 valence electrons. The zero-order valence-electron chi connectivity index (χ0n) is 11.7. The summed E-state index contributed by atoms with van der Waals surface area (Å²) in [7, 11) is 2.00. The predicted molar refractivity (Wildman–Crippen MR) is 74.4 cm³/mol. The van der Waals surface area contributed by atoms with Crippen LogP contribution >= 0.6 is 0 Å². The normalized spacial score (nSPS) is 26.3. The second kappa shape index (κ2) is 5.75. The summed E-state index contributed by atoms with van der Waals surface area (Å²) in [4.78, 5) is 16.1. The highest BCUT2D eigenvalue weighted by atomic mass is 16.5. The van der Waals surface area contributed by atoms with Crippen LogP contribution in [0, 0.1) is 0 Å². The molecule has 6 nitrogen and oxygen atoms in total. The molecular weight excluding hydrogens is 256 g/mol. The first-order valence-corrected chi connectivity index (χ1v) is 7.17. The van der Waals surface area contributed by atoms with E-state index in [9.17, 15) is 4.79 Å². The molecule has 2 fully saturated rings. The molecule has 0 radical (unpaired) electrons. The number of likely N-dealkylation sites (N-methyl/N-ethyl adjacent to an activating group) is 1. The van der Waals surface area contributed by atoms with E-state index in [1.807, 2.05) is 19.2 Å². The Hall–Kier alpha value is -1.69. The van der Waals surface area contributed by atoms with Gasteiger partial charge in [0.25, 0.3) is 0 Å². The van der Waals surface area contributed by atoms with Gasteiger partial charge in [-0.1, -0.05) is 0 Å². The lowest BCUT2D eigenvalue weighted by molar-refractivity contribution is -0.142. The number of carbonyl (C=O) groups is 1. The maximum absolute atomic E-state index is 11.6. The third-order valence-electron chi connectivity index (χ3n) is 4.17. The van der Waals surface area contributed by atoms with E-state index in [2.05, 4.69) is 20.0 Å². The number of anilines is 1. The topological polar surface area (TPSA) is 58.6 Å². The molecule has 2 aliphatic rings. The number of esters is 1. The van der Waals surface area contributed by atoms with E-state index in [-0.39, 0.29) is 12.0 Å². The van der Waals surface area contributed by atoms with Crippen molar-refractivity contribution in [1.29, 1.82) is 0 Å². The Morgan fingerprint density at radius 1 is 1.50 bits per heavy atom. The van der Waals surface area contributed by atoms with Crippen molar-refractivity contribution in [3.05, 3.63) is 18.3 Å². The summed E-state index contributed by atoms with van der Waals surface area (Å²) < 4.78 is 5.05. The molecule has 0 aromatic carbocycles. The van der Waals surface area contributed by atoms with E-state index in [4.69, 9.17) is 4.74 Å². The summed E-state index contributed by atoms with van der Waals surface area (Å²) in [6, 6.07) is 4.22. The highest BCUT2D eigenvalue weighted by Gasteiger charge is 2.34. The average molecular weight is 276 g/mol. The van der Waals surface area contributed by atoms with Gasteiger partial charge in [-0.25, -0.2) is 0 Å². The van der Waals surface area contributed by atoms with E-state index < -0.39 is 0 Å². The van der Waals surface area contributed by atoms with Crippen LogP contribution in [0.4, 0.5) is 5.82 Å². The van der Waals surface area contributed by atoms with Crippen molar-refractivity contribution in [2.24, 2.45) is 0 Å². The van der Waals surface area contributed by atoms with Gasteiger partial charge in [0, 0.05) is 31.7 Å². The maximum Gasteiger partial charge on any atom is 0.323 e. The van der Waals surface area contributed by atoms with Crippen LogP contribution in [-0.2, 0) is 9.53 Å². The third kappa shape index (κ3) is 2.60. The molecule has 0 bridgehead atoms. The van der Waals surface area contributed by atoms with Gasteiger partial charge in [-0.15, -0.1) is 5.10 Å². The Bertz CT molecular complexity index is 468. The van der Waals surface area contributed by atoms with Crippen LogP contribution in [0.15, 0.2) is 18.3 Å². The van der Waals surface area contributed by atoms with E-state index in [1.165, 1.54) is 0 Å². The Morgan fingerprint density at radius 3 is 3.10 bits per heavy atom. The SMILES string of the molecule is CN(C[C@@H]1CCCN1c1cccnn1)[C@@H]1CCOC1=O. The van der Waals surface area contributed by atoms with Crippen LogP contribution in [0.3, 0.4) is 0 Å². The quantitative estimate of drug-likeness (QED) is 0.754. The molecule has 3 rings (SSSR count).